The van der Waals surface area contributed by atoms with Gasteiger partial charge >= 0.3 is 0 Å². The van der Waals surface area contributed by atoms with E-state index >= 15 is 0 Å². The summed E-state index contributed by atoms with van der Waals surface area (Å²) in [5, 5.41) is 9.71. The second-order valence-electron chi connectivity index (χ2n) is 3.38. The lowest BCUT2D eigenvalue weighted by atomic mass is 10.1. The Labute approximate surface area is 92.9 Å². The highest BCUT2D eigenvalue weighted by atomic mass is 19.1. The molecule has 0 bridgehead atoms. The van der Waals surface area contributed by atoms with E-state index in [1.54, 1.807) is 18.2 Å². The van der Waals surface area contributed by atoms with Gasteiger partial charge in [-0.25, -0.2) is 9.37 Å². The molecule has 2 N–H and O–H groups in total. The van der Waals surface area contributed by atoms with Crippen molar-refractivity contribution in [3.05, 3.63) is 47.8 Å². The Bertz CT molecular complexity index is 441. The van der Waals surface area contributed by atoms with Gasteiger partial charge < -0.3 is 5.32 Å². The summed E-state index contributed by atoms with van der Waals surface area (Å²) in [5.74, 6) is 0.372. The predicted octanol–water partition coefficient (Wildman–Crippen LogP) is 1.64. The molecule has 0 fully saturated rings. The first-order valence-electron chi connectivity index (χ1n) is 5.16. The molecule has 4 nitrogen and oxygen atoms in total. The first kappa shape index (κ1) is 10.8. The molecule has 5 heteroatoms. The molecule has 1 unspecified atom stereocenters. The van der Waals surface area contributed by atoms with Crippen LogP contribution in [0.2, 0.25) is 0 Å². The van der Waals surface area contributed by atoms with E-state index in [9.17, 15) is 4.39 Å². The van der Waals surface area contributed by atoms with Crippen LogP contribution < -0.4 is 5.32 Å². The minimum absolute atomic E-state index is 0.246. The molecule has 2 rings (SSSR count). The van der Waals surface area contributed by atoms with Crippen LogP contribution in [0.15, 0.2) is 30.6 Å². The molecule has 1 heterocycles. The minimum Gasteiger partial charge on any atom is -0.304 e. The Hall–Kier alpha value is -1.75. The number of hydrogen-bond acceptors (Lipinski definition) is 3. The van der Waals surface area contributed by atoms with Crippen molar-refractivity contribution in [1.82, 2.24) is 20.5 Å². The van der Waals surface area contributed by atoms with E-state index in [4.69, 9.17) is 0 Å². The summed E-state index contributed by atoms with van der Waals surface area (Å²) in [6.07, 6.45) is 1.42. The van der Waals surface area contributed by atoms with Crippen molar-refractivity contribution in [1.29, 1.82) is 0 Å². The zero-order valence-electron chi connectivity index (χ0n) is 8.94. The first-order valence-corrected chi connectivity index (χ1v) is 5.16. The van der Waals surface area contributed by atoms with Gasteiger partial charge in [0.05, 0.1) is 6.04 Å². The lowest BCUT2D eigenvalue weighted by molar-refractivity contribution is 0.544. The van der Waals surface area contributed by atoms with E-state index in [2.05, 4.69) is 20.5 Å². The average Bonchev–Trinajstić information content (AvgIpc) is 2.80. The fourth-order valence-corrected chi connectivity index (χ4v) is 1.62. The molecule has 0 aliphatic rings. The van der Waals surface area contributed by atoms with Crippen LogP contribution >= 0.6 is 0 Å². The molecule has 1 aromatic heterocycles. The minimum atomic E-state index is -0.284. The SMILES string of the molecule is CCNC(c1ncn[nH]1)c1ccccc1F. The molecular formula is C11H13FN4. The highest BCUT2D eigenvalue weighted by Gasteiger charge is 2.18. The number of rotatable bonds is 4. The number of benzene rings is 1. The van der Waals surface area contributed by atoms with E-state index in [1.807, 2.05) is 6.92 Å². The number of nitrogens with zero attached hydrogens (tertiary/aromatic N) is 2. The Morgan fingerprint density at radius 1 is 1.44 bits per heavy atom. The van der Waals surface area contributed by atoms with Gasteiger partial charge in [0.15, 0.2) is 0 Å². The van der Waals surface area contributed by atoms with Crippen LogP contribution in [0.1, 0.15) is 24.4 Å². The highest BCUT2D eigenvalue weighted by Crippen LogP contribution is 2.20. The van der Waals surface area contributed by atoms with Crippen molar-refractivity contribution in [2.75, 3.05) is 6.54 Å². The topological polar surface area (TPSA) is 53.6 Å². The third-order valence-electron chi connectivity index (χ3n) is 2.33. The van der Waals surface area contributed by atoms with Crippen LogP contribution in [-0.4, -0.2) is 21.7 Å². The Balaban J connectivity index is 2.37. The molecule has 0 saturated carbocycles. The van der Waals surface area contributed by atoms with Crippen molar-refractivity contribution in [2.24, 2.45) is 0 Å². The van der Waals surface area contributed by atoms with Crippen LogP contribution in [0.3, 0.4) is 0 Å². The summed E-state index contributed by atoms with van der Waals surface area (Å²) < 4.78 is 13.7. The molecule has 0 spiro atoms. The van der Waals surface area contributed by atoms with Gasteiger partial charge in [0, 0.05) is 5.56 Å². The molecular weight excluding hydrogens is 207 g/mol. The third kappa shape index (κ3) is 2.09. The van der Waals surface area contributed by atoms with Crippen LogP contribution in [0.4, 0.5) is 4.39 Å². The van der Waals surface area contributed by atoms with Gasteiger partial charge in [-0.15, -0.1) is 0 Å². The monoisotopic (exact) mass is 220 g/mol. The van der Waals surface area contributed by atoms with E-state index in [-0.39, 0.29) is 11.9 Å². The molecule has 16 heavy (non-hydrogen) atoms. The summed E-state index contributed by atoms with van der Waals surface area (Å²) in [5.41, 5.74) is 0.570. The van der Waals surface area contributed by atoms with Gasteiger partial charge in [-0.2, -0.15) is 5.10 Å². The maximum Gasteiger partial charge on any atom is 0.146 e. The molecule has 0 aliphatic carbocycles. The maximum absolute atomic E-state index is 13.7. The number of aromatic nitrogens is 3. The van der Waals surface area contributed by atoms with Crippen LogP contribution in [-0.2, 0) is 0 Å². The van der Waals surface area contributed by atoms with Gasteiger partial charge in [-0.05, 0) is 12.6 Å². The van der Waals surface area contributed by atoms with Gasteiger partial charge in [-0.3, -0.25) is 5.10 Å². The van der Waals surface area contributed by atoms with E-state index < -0.39 is 0 Å². The fraction of sp³-hybridized carbons (Fsp3) is 0.273. The molecule has 2 aromatic rings. The van der Waals surface area contributed by atoms with E-state index in [0.717, 1.165) is 6.54 Å². The van der Waals surface area contributed by atoms with Crippen LogP contribution in [0, 0.1) is 5.82 Å². The molecule has 0 saturated heterocycles. The summed E-state index contributed by atoms with van der Waals surface area (Å²) in [4.78, 5) is 4.06. The summed E-state index contributed by atoms with van der Waals surface area (Å²) in [6.45, 7) is 2.68. The molecule has 1 atom stereocenters. The zero-order chi connectivity index (χ0) is 11.4. The lowest BCUT2D eigenvalue weighted by Crippen LogP contribution is -2.24. The quantitative estimate of drug-likeness (QED) is 0.823. The van der Waals surface area contributed by atoms with Gasteiger partial charge in [-0.1, -0.05) is 25.1 Å². The highest BCUT2D eigenvalue weighted by molar-refractivity contribution is 5.25. The second kappa shape index (κ2) is 4.85. The molecule has 84 valence electrons. The number of nitrogens with one attached hydrogen (secondary N) is 2. The van der Waals surface area contributed by atoms with Crippen molar-refractivity contribution in [3.8, 4) is 0 Å². The second-order valence-corrected chi connectivity index (χ2v) is 3.38. The first-order chi connectivity index (χ1) is 7.83. The summed E-state index contributed by atoms with van der Waals surface area (Å²) >= 11 is 0. The van der Waals surface area contributed by atoms with Crippen molar-refractivity contribution >= 4 is 0 Å². The van der Waals surface area contributed by atoms with Crippen molar-refractivity contribution < 1.29 is 4.39 Å². The third-order valence-corrected chi connectivity index (χ3v) is 2.33. The normalized spacial score (nSPS) is 12.6. The number of halogens is 1. The van der Waals surface area contributed by atoms with Gasteiger partial charge in [0.1, 0.15) is 18.0 Å². The maximum atomic E-state index is 13.7. The van der Waals surface area contributed by atoms with E-state index in [0.29, 0.717) is 11.4 Å². The smallest absolute Gasteiger partial charge is 0.146 e. The van der Waals surface area contributed by atoms with E-state index in [1.165, 1.54) is 12.4 Å². The number of hydrogen-bond donors (Lipinski definition) is 2. The van der Waals surface area contributed by atoms with Gasteiger partial charge in [0.2, 0.25) is 0 Å². The molecule has 1 aromatic carbocycles. The molecule has 0 amide bonds. The Morgan fingerprint density at radius 2 is 2.25 bits per heavy atom. The largest absolute Gasteiger partial charge is 0.304 e. The van der Waals surface area contributed by atoms with Gasteiger partial charge in [0.25, 0.3) is 0 Å². The van der Waals surface area contributed by atoms with Crippen molar-refractivity contribution in [3.63, 3.8) is 0 Å². The summed E-state index contributed by atoms with van der Waals surface area (Å²) in [7, 11) is 0. The summed E-state index contributed by atoms with van der Waals surface area (Å²) in [6, 6.07) is 6.37. The lowest BCUT2D eigenvalue weighted by Gasteiger charge is -2.15. The molecule has 0 aliphatic heterocycles. The van der Waals surface area contributed by atoms with Crippen LogP contribution in [0.5, 0.6) is 0 Å². The van der Waals surface area contributed by atoms with Crippen molar-refractivity contribution in [2.45, 2.75) is 13.0 Å². The number of aromatic amines is 1. The zero-order valence-corrected chi connectivity index (χ0v) is 8.94. The number of H-pyrrole nitrogens is 1. The molecule has 0 radical (unpaired) electrons. The Morgan fingerprint density at radius 3 is 2.88 bits per heavy atom. The van der Waals surface area contributed by atoms with Crippen LogP contribution in [0.25, 0.3) is 0 Å². The standard InChI is InChI=1S/C11H13FN4/c1-2-13-10(11-14-7-15-16-11)8-5-3-4-6-9(8)12/h3-7,10,13H,2H2,1H3,(H,14,15,16). The average molecular weight is 220 g/mol. The fourth-order valence-electron chi connectivity index (χ4n) is 1.62. The predicted molar refractivity (Wildman–Crippen MR) is 58.3 cm³/mol. The Kier molecular flexibility index (Phi) is 3.26.